The normalized spacial score (nSPS) is 13.3. The van der Waals surface area contributed by atoms with E-state index in [4.69, 9.17) is 0 Å². The maximum absolute atomic E-state index is 11.5. The monoisotopic (exact) mass is 575 g/mol. The van der Waals surface area contributed by atoms with Crippen molar-refractivity contribution in [2.24, 2.45) is 10.2 Å². The summed E-state index contributed by atoms with van der Waals surface area (Å²) in [5.74, 6) is 0.407. The highest BCUT2D eigenvalue weighted by Gasteiger charge is 2.27. The van der Waals surface area contributed by atoms with Gasteiger partial charge in [-0.3, -0.25) is 14.2 Å². The Morgan fingerprint density at radius 3 is 2.24 bits per heavy atom. The first-order valence-corrected chi connectivity index (χ1v) is 14.7. The van der Waals surface area contributed by atoms with Crippen molar-refractivity contribution in [3.05, 3.63) is 47.7 Å². The van der Waals surface area contributed by atoms with Gasteiger partial charge in [-0.15, -0.1) is 20.4 Å². The number of H-pyrrole nitrogens is 1. The Morgan fingerprint density at radius 1 is 0.947 bits per heavy atom. The number of hydrogen-bond acceptors (Lipinski definition) is 10. The second-order valence-corrected chi connectivity index (χ2v) is 13.4. The van der Waals surface area contributed by atoms with E-state index in [9.17, 15) is 25.9 Å². The van der Waals surface area contributed by atoms with Crippen molar-refractivity contribution >= 4 is 58.3 Å². The van der Waals surface area contributed by atoms with Crippen LogP contribution in [0, 0.1) is 6.92 Å². The SMILES string of the molecule is Cc1cc(S(=O)(=O)O)ccc1-c1nnc2c(N=Nc3nc4cc(S(=O)(=O)O)ccc4s3)c(C(C)(C)C)[nH]n12. The van der Waals surface area contributed by atoms with Crippen molar-refractivity contribution in [2.45, 2.75) is 42.9 Å². The van der Waals surface area contributed by atoms with Crippen LogP contribution in [-0.2, 0) is 25.7 Å². The lowest BCUT2D eigenvalue weighted by Gasteiger charge is -2.16. The maximum atomic E-state index is 11.5. The molecule has 3 N–H and O–H groups in total. The van der Waals surface area contributed by atoms with Crippen LogP contribution in [0.5, 0.6) is 0 Å². The average Bonchev–Trinajstić information content (AvgIpc) is 3.49. The summed E-state index contributed by atoms with van der Waals surface area (Å²) in [4.78, 5) is 3.82. The number of thiazole rings is 1. The Hall–Kier alpha value is -3.57. The van der Waals surface area contributed by atoms with Gasteiger partial charge in [-0.05, 0) is 48.9 Å². The van der Waals surface area contributed by atoms with Gasteiger partial charge in [0.2, 0.25) is 10.8 Å². The van der Waals surface area contributed by atoms with E-state index < -0.39 is 25.7 Å². The fraction of sp³-hybridized carbons (Fsp3) is 0.227. The van der Waals surface area contributed by atoms with Crippen LogP contribution in [0.15, 0.2) is 56.4 Å². The molecular weight excluding hydrogens is 554 g/mol. The van der Waals surface area contributed by atoms with Gasteiger partial charge in [0.25, 0.3) is 20.2 Å². The van der Waals surface area contributed by atoms with Crippen LogP contribution >= 0.6 is 11.3 Å². The molecule has 0 aliphatic rings. The molecule has 16 heteroatoms. The molecule has 0 aliphatic carbocycles. The molecule has 0 spiro atoms. The smallest absolute Gasteiger partial charge is 0.292 e. The van der Waals surface area contributed by atoms with Crippen LogP contribution in [0.4, 0.5) is 10.8 Å². The molecule has 0 radical (unpaired) electrons. The first-order chi connectivity index (χ1) is 17.6. The predicted octanol–water partition coefficient (Wildman–Crippen LogP) is 4.85. The number of aromatic nitrogens is 5. The average molecular weight is 576 g/mol. The summed E-state index contributed by atoms with van der Waals surface area (Å²) in [5.41, 5.74) is 2.59. The molecule has 3 aromatic heterocycles. The lowest BCUT2D eigenvalue weighted by Crippen LogP contribution is -2.12. The minimum absolute atomic E-state index is 0.226. The molecule has 0 amide bonds. The number of rotatable bonds is 5. The summed E-state index contributed by atoms with van der Waals surface area (Å²) in [5, 5.41) is 20.8. The molecule has 0 saturated heterocycles. The first-order valence-electron chi connectivity index (χ1n) is 11.0. The Morgan fingerprint density at radius 2 is 1.61 bits per heavy atom. The number of fused-ring (bicyclic) bond motifs is 2. The zero-order valence-corrected chi connectivity index (χ0v) is 22.8. The molecule has 198 valence electrons. The standard InChI is InChI=1S/C22H21N7O6S3/c1-11-9-12(37(30,31)32)5-7-14(11)19-25-26-20-17(18(22(2,3)4)28-29(19)20)24-27-21-23-15-10-13(38(33,34)35)6-8-16(15)36-21/h5-10,28H,1-4H3,(H,30,31,32)(H,33,34,35). The highest BCUT2D eigenvalue weighted by Crippen LogP contribution is 2.38. The number of hydrogen-bond donors (Lipinski definition) is 3. The van der Waals surface area contributed by atoms with Gasteiger partial charge in [-0.25, -0.2) is 9.50 Å². The van der Waals surface area contributed by atoms with Gasteiger partial charge in [-0.2, -0.15) is 16.8 Å². The maximum Gasteiger partial charge on any atom is 0.294 e. The Labute approximate surface area is 220 Å². The zero-order chi connectivity index (χ0) is 27.6. The third-order valence-electron chi connectivity index (χ3n) is 5.70. The summed E-state index contributed by atoms with van der Waals surface area (Å²) in [6, 6.07) is 8.25. The molecular formula is C22H21N7O6S3. The highest BCUT2D eigenvalue weighted by atomic mass is 32.2. The molecule has 5 aromatic rings. The van der Waals surface area contributed by atoms with Gasteiger partial charge in [0.1, 0.15) is 0 Å². The molecule has 38 heavy (non-hydrogen) atoms. The number of aryl methyl sites for hydroxylation is 1. The molecule has 3 heterocycles. The van der Waals surface area contributed by atoms with E-state index in [2.05, 4.69) is 30.5 Å². The Balaban J connectivity index is 1.60. The van der Waals surface area contributed by atoms with Crippen molar-refractivity contribution in [3.63, 3.8) is 0 Å². The topological polar surface area (TPSA) is 192 Å². The summed E-state index contributed by atoms with van der Waals surface area (Å²) < 4.78 is 66.8. The lowest BCUT2D eigenvalue weighted by atomic mass is 9.91. The fourth-order valence-electron chi connectivity index (χ4n) is 3.85. The van der Waals surface area contributed by atoms with E-state index in [1.165, 1.54) is 47.7 Å². The van der Waals surface area contributed by atoms with E-state index >= 15 is 0 Å². The second-order valence-electron chi connectivity index (χ2n) is 9.52. The molecule has 0 fully saturated rings. The molecule has 13 nitrogen and oxygen atoms in total. The van der Waals surface area contributed by atoms with Gasteiger partial charge >= 0.3 is 0 Å². The lowest BCUT2D eigenvalue weighted by molar-refractivity contribution is 0.481. The fourth-order valence-corrected chi connectivity index (χ4v) is 5.68. The van der Waals surface area contributed by atoms with Gasteiger partial charge in [-0.1, -0.05) is 32.1 Å². The first kappa shape index (κ1) is 26.1. The summed E-state index contributed by atoms with van der Waals surface area (Å²) in [6.07, 6.45) is 0. The summed E-state index contributed by atoms with van der Waals surface area (Å²) in [6.45, 7) is 7.63. The molecule has 5 rings (SSSR count). The number of nitrogens with zero attached hydrogens (tertiary/aromatic N) is 6. The van der Waals surface area contributed by atoms with E-state index in [0.717, 1.165) is 0 Å². The molecule has 0 unspecified atom stereocenters. The number of azo groups is 1. The van der Waals surface area contributed by atoms with Crippen LogP contribution in [0.3, 0.4) is 0 Å². The molecule has 2 aromatic carbocycles. The van der Waals surface area contributed by atoms with E-state index in [1.807, 2.05) is 20.8 Å². The predicted molar refractivity (Wildman–Crippen MR) is 140 cm³/mol. The quantitative estimate of drug-likeness (QED) is 0.194. The van der Waals surface area contributed by atoms with Gasteiger partial charge in [0, 0.05) is 11.0 Å². The minimum atomic E-state index is -4.37. The van der Waals surface area contributed by atoms with Gasteiger partial charge in [0.15, 0.2) is 11.5 Å². The van der Waals surface area contributed by atoms with E-state index in [1.54, 1.807) is 11.4 Å². The third kappa shape index (κ3) is 4.71. The Kier molecular flexibility index (Phi) is 5.99. The molecule has 0 saturated carbocycles. The van der Waals surface area contributed by atoms with Crippen molar-refractivity contribution in [2.75, 3.05) is 0 Å². The largest absolute Gasteiger partial charge is 0.294 e. The number of aromatic amines is 1. The molecule has 0 atom stereocenters. The minimum Gasteiger partial charge on any atom is -0.292 e. The van der Waals surface area contributed by atoms with Gasteiger partial charge in [0.05, 0.1) is 25.7 Å². The molecule has 0 aliphatic heterocycles. The molecule has 0 bridgehead atoms. The number of nitrogens with one attached hydrogen (secondary N) is 1. The van der Waals surface area contributed by atoms with E-state index in [0.29, 0.717) is 44.2 Å². The Bertz CT molecular complexity index is 1980. The van der Waals surface area contributed by atoms with Crippen LogP contribution < -0.4 is 0 Å². The van der Waals surface area contributed by atoms with E-state index in [-0.39, 0.29) is 14.9 Å². The van der Waals surface area contributed by atoms with Crippen LogP contribution in [0.25, 0.3) is 27.3 Å². The van der Waals surface area contributed by atoms with Crippen molar-refractivity contribution in [3.8, 4) is 11.4 Å². The highest BCUT2D eigenvalue weighted by molar-refractivity contribution is 7.86. The van der Waals surface area contributed by atoms with Gasteiger partial charge < -0.3 is 0 Å². The van der Waals surface area contributed by atoms with Crippen molar-refractivity contribution in [1.29, 1.82) is 0 Å². The number of benzene rings is 2. The zero-order valence-electron chi connectivity index (χ0n) is 20.4. The second kappa shape index (κ2) is 8.74. The van der Waals surface area contributed by atoms with Crippen molar-refractivity contribution in [1.82, 2.24) is 24.8 Å². The van der Waals surface area contributed by atoms with Crippen LogP contribution in [-0.4, -0.2) is 50.7 Å². The van der Waals surface area contributed by atoms with Crippen molar-refractivity contribution < 1.29 is 25.9 Å². The van der Waals surface area contributed by atoms with Crippen LogP contribution in [0.1, 0.15) is 32.0 Å². The summed E-state index contributed by atoms with van der Waals surface area (Å²) >= 11 is 1.19. The third-order valence-corrected chi connectivity index (χ3v) is 8.32. The van der Waals surface area contributed by atoms with Crippen LogP contribution in [0.2, 0.25) is 0 Å². The summed E-state index contributed by atoms with van der Waals surface area (Å²) in [7, 11) is -8.72.